The summed E-state index contributed by atoms with van der Waals surface area (Å²) in [5.74, 6) is 0.909. The topological polar surface area (TPSA) is 68.2 Å². The molecule has 6 nitrogen and oxygen atoms in total. The van der Waals surface area contributed by atoms with E-state index < -0.39 is 0 Å². The second-order valence-electron chi connectivity index (χ2n) is 6.82. The van der Waals surface area contributed by atoms with Crippen LogP contribution in [0.5, 0.6) is 5.75 Å². The van der Waals surface area contributed by atoms with Crippen molar-refractivity contribution < 1.29 is 9.53 Å². The van der Waals surface area contributed by atoms with Crippen molar-refractivity contribution in [3.05, 3.63) is 72.4 Å². The normalized spacial score (nSPS) is 16.6. The molecule has 0 saturated carbocycles. The van der Waals surface area contributed by atoms with Gasteiger partial charge in [0.25, 0.3) is 5.91 Å². The van der Waals surface area contributed by atoms with Crippen LogP contribution < -0.4 is 4.74 Å². The fourth-order valence-corrected chi connectivity index (χ4v) is 3.75. The number of hydrogen-bond acceptors (Lipinski definition) is 5. The molecule has 1 unspecified atom stereocenters. The fourth-order valence-electron chi connectivity index (χ4n) is 3.75. The highest BCUT2D eigenvalue weighted by atomic mass is 16.5. The molecule has 1 atom stereocenters. The number of rotatable bonds is 4. The summed E-state index contributed by atoms with van der Waals surface area (Å²) in [7, 11) is 1.66. The van der Waals surface area contributed by atoms with Crippen LogP contribution in [0.1, 0.15) is 34.8 Å². The summed E-state index contributed by atoms with van der Waals surface area (Å²) in [5.41, 5.74) is 3.27. The molecule has 0 bridgehead atoms. The third-order valence-electron chi connectivity index (χ3n) is 5.09. The summed E-state index contributed by atoms with van der Waals surface area (Å²) in [6, 6.07) is 11.4. The third-order valence-corrected chi connectivity index (χ3v) is 5.09. The van der Waals surface area contributed by atoms with Crippen LogP contribution in [0.2, 0.25) is 0 Å². The van der Waals surface area contributed by atoms with E-state index in [1.807, 2.05) is 35.2 Å². The lowest BCUT2D eigenvalue weighted by atomic mass is 9.91. The van der Waals surface area contributed by atoms with Crippen molar-refractivity contribution in [2.75, 3.05) is 20.2 Å². The molecule has 1 aromatic carbocycles. The molecule has 0 radical (unpaired) electrons. The van der Waals surface area contributed by atoms with E-state index in [-0.39, 0.29) is 11.8 Å². The molecular weight excluding hydrogens is 352 g/mol. The predicted octanol–water partition coefficient (Wildman–Crippen LogP) is 3.57. The minimum absolute atomic E-state index is 0.0144. The van der Waals surface area contributed by atoms with Crippen molar-refractivity contribution in [2.24, 2.45) is 0 Å². The molecule has 1 aliphatic heterocycles. The average molecular weight is 374 g/mol. The molecule has 1 saturated heterocycles. The van der Waals surface area contributed by atoms with Gasteiger partial charge in [0.1, 0.15) is 5.75 Å². The lowest BCUT2D eigenvalue weighted by Crippen LogP contribution is -2.39. The summed E-state index contributed by atoms with van der Waals surface area (Å²) in [5, 5.41) is 0. The van der Waals surface area contributed by atoms with Crippen LogP contribution in [0.4, 0.5) is 0 Å². The smallest absolute Gasteiger partial charge is 0.255 e. The van der Waals surface area contributed by atoms with Crippen molar-refractivity contribution in [2.45, 2.75) is 18.8 Å². The predicted molar refractivity (Wildman–Crippen MR) is 106 cm³/mol. The molecule has 1 aliphatic rings. The zero-order valence-electron chi connectivity index (χ0n) is 15.8. The minimum Gasteiger partial charge on any atom is -0.496 e. The van der Waals surface area contributed by atoms with Gasteiger partial charge in [-0.1, -0.05) is 12.1 Å². The van der Waals surface area contributed by atoms with Gasteiger partial charge in [-0.3, -0.25) is 19.7 Å². The van der Waals surface area contributed by atoms with Gasteiger partial charge in [0, 0.05) is 49.4 Å². The molecule has 0 N–H and O–H groups in total. The molecule has 3 aromatic rings. The Hall–Kier alpha value is -3.28. The van der Waals surface area contributed by atoms with E-state index in [1.165, 1.54) is 0 Å². The Balaban J connectivity index is 1.64. The summed E-state index contributed by atoms with van der Waals surface area (Å²) in [4.78, 5) is 28.1. The van der Waals surface area contributed by atoms with Gasteiger partial charge in [0.15, 0.2) is 0 Å². The number of para-hydroxylation sites is 1. The average Bonchev–Trinajstić information content (AvgIpc) is 2.79. The van der Waals surface area contributed by atoms with Gasteiger partial charge in [-0.05, 0) is 37.1 Å². The van der Waals surface area contributed by atoms with Crippen LogP contribution in [-0.4, -0.2) is 46.0 Å². The number of benzene rings is 1. The van der Waals surface area contributed by atoms with Crippen LogP contribution in [0.15, 0.2) is 61.2 Å². The molecule has 2 aromatic heterocycles. The van der Waals surface area contributed by atoms with E-state index in [0.717, 1.165) is 42.1 Å². The Morgan fingerprint density at radius 2 is 1.96 bits per heavy atom. The Labute approximate surface area is 164 Å². The Morgan fingerprint density at radius 1 is 1.11 bits per heavy atom. The Kier molecular flexibility index (Phi) is 5.28. The zero-order chi connectivity index (χ0) is 19.3. The van der Waals surface area contributed by atoms with Gasteiger partial charge in [-0.25, -0.2) is 0 Å². The largest absolute Gasteiger partial charge is 0.496 e. The number of amides is 1. The minimum atomic E-state index is 0.0144. The van der Waals surface area contributed by atoms with Crippen molar-refractivity contribution in [3.63, 3.8) is 0 Å². The monoisotopic (exact) mass is 374 g/mol. The number of pyridine rings is 1. The first-order valence-corrected chi connectivity index (χ1v) is 9.41. The second kappa shape index (κ2) is 8.17. The van der Waals surface area contributed by atoms with Crippen molar-refractivity contribution >= 4 is 5.91 Å². The maximum atomic E-state index is 12.9. The fraction of sp³-hybridized carbons (Fsp3) is 0.273. The SMILES string of the molecule is COc1ccccc1-c1nccnc1C1CCCN(C(=O)c2cccnc2)C1. The van der Waals surface area contributed by atoms with E-state index in [1.54, 1.807) is 38.0 Å². The first kappa shape index (κ1) is 18.1. The lowest BCUT2D eigenvalue weighted by molar-refractivity contribution is 0.0705. The number of ether oxygens (including phenoxy) is 1. The molecule has 28 heavy (non-hydrogen) atoms. The van der Waals surface area contributed by atoms with Gasteiger partial charge in [0.05, 0.1) is 24.1 Å². The number of aromatic nitrogens is 3. The van der Waals surface area contributed by atoms with Crippen molar-refractivity contribution in [1.29, 1.82) is 0 Å². The van der Waals surface area contributed by atoms with E-state index in [4.69, 9.17) is 4.74 Å². The number of carbonyl (C=O) groups excluding carboxylic acids is 1. The number of methoxy groups -OCH3 is 1. The molecule has 1 amide bonds. The number of hydrogen-bond donors (Lipinski definition) is 0. The Bertz CT molecular complexity index is 962. The maximum absolute atomic E-state index is 12.9. The van der Waals surface area contributed by atoms with Crippen LogP contribution in [0.3, 0.4) is 0 Å². The van der Waals surface area contributed by atoms with Crippen molar-refractivity contribution in [1.82, 2.24) is 19.9 Å². The molecule has 0 spiro atoms. The highest BCUT2D eigenvalue weighted by Crippen LogP contribution is 2.35. The number of likely N-dealkylation sites (tertiary alicyclic amines) is 1. The molecule has 4 rings (SSSR count). The first-order chi connectivity index (χ1) is 13.8. The van der Waals surface area contributed by atoms with E-state index in [2.05, 4.69) is 15.0 Å². The van der Waals surface area contributed by atoms with Gasteiger partial charge < -0.3 is 9.64 Å². The van der Waals surface area contributed by atoms with Crippen molar-refractivity contribution in [3.8, 4) is 17.0 Å². The molecular formula is C22H22N4O2. The quantitative estimate of drug-likeness (QED) is 0.698. The summed E-state index contributed by atoms with van der Waals surface area (Å²) >= 11 is 0. The maximum Gasteiger partial charge on any atom is 0.255 e. The molecule has 1 fully saturated rings. The zero-order valence-corrected chi connectivity index (χ0v) is 15.8. The third kappa shape index (κ3) is 3.58. The van der Waals surface area contributed by atoms with E-state index in [0.29, 0.717) is 12.1 Å². The number of nitrogens with zero attached hydrogens (tertiary/aromatic N) is 4. The Morgan fingerprint density at radius 3 is 2.79 bits per heavy atom. The summed E-state index contributed by atoms with van der Waals surface area (Å²) < 4.78 is 5.52. The van der Waals surface area contributed by atoms with E-state index in [9.17, 15) is 4.79 Å². The molecule has 142 valence electrons. The highest BCUT2D eigenvalue weighted by molar-refractivity contribution is 5.94. The number of piperidine rings is 1. The second-order valence-corrected chi connectivity index (χ2v) is 6.82. The summed E-state index contributed by atoms with van der Waals surface area (Å²) in [6.45, 7) is 1.36. The van der Waals surface area contributed by atoms with Gasteiger partial charge in [0.2, 0.25) is 0 Å². The van der Waals surface area contributed by atoms with Gasteiger partial charge in [-0.15, -0.1) is 0 Å². The molecule has 3 heterocycles. The molecule has 0 aliphatic carbocycles. The van der Waals surface area contributed by atoms with Gasteiger partial charge >= 0.3 is 0 Å². The molecule has 6 heteroatoms. The lowest BCUT2D eigenvalue weighted by Gasteiger charge is -2.33. The van der Waals surface area contributed by atoms with Crippen LogP contribution in [-0.2, 0) is 0 Å². The van der Waals surface area contributed by atoms with Crippen LogP contribution in [0, 0.1) is 0 Å². The van der Waals surface area contributed by atoms with Crippen LogP contribution >= 0.6 is 0 Å². The first-order valence-electron chi connectivity index (χ1n) is 9.41. The van der Waals surface area contributed by atoms with Gasteiger partial charge in [-0.2, -0.15) is 0 Å². The summed E-state index contributed by atoms with van der Waals surface area (Å²) in [6.07, 6.45) is 8.61. The highest BCUT2D eigenvalue weighted by Gasteiger charge is 2.29. The standard InChI is InChI=1S/C22H22N4O2/c1-28-19-9-3-2-8-18(19)21-20(24-11-12-25-21)17-7-5-13-26(15-17)22(27)16-6-4-10-23-14-16/h2-4,6,8-12,14,17H,5,7,13,15H2,1H3. The van der Waals surface area contributed by atoms with Crippen LogP contribution in [0.25, 0.3) is 11.3 Å². The number of carbonyl (C=O) groups is 1. The van der Waals surface area contributed by atoms with E-state index >= 15 is 0 Å².